The summed E-state index contributed by atoms with van der Waals surface area (Å²) in [6.07, 6.45) is 4.32. The molecular formula is C23H29ClN6S. The van der Waals surface area contributed by atoms with Crippen LogP contribution in [0.1, 0.15) is 33.6 Å². The molecule has 1 aromatic carbocycles. The Bertz CT molecular complexity index is 1020. The molecule has 0 radical (unpaired) electrons. The molecule has 0 amide bonds. The van der Waals surface area contributed by atoms with Crippen LogP contribution in [0.5, 0.6) is 0 Å². The second-order valence-electron chi connectivity index (χ2n) is 8.08. The van der Waals surface area contributed by atoms with Crippen molar-refractivity contribution in [3.8, 4) is 21.8 Å². The number of benzene rings is 1. The van der Waals surface area contributed by atoms with Gasteiger partial charge in [0.1, 0.15) is 0 Å². The summed E-state index contributed by atoms with van der Waals surface area (Å²) in [7, 11) is 0. The highest BCUT2D eigenvalue weighted by molar-refractivity contribution is 7.18. The number of rotatable bonds is 8. The van der Waals surface area contributed by atoms with E-state index >= 15 is 0 Å². The van der Waals surface area contributed by atoms with Crippen molar-refractivity contribution in [2.75, 3.05) is 30.3 Å². The van der Waals surface area contributed by atoms with Crippen molar-refractivity contribution >= 4 is 34.0 Å². The Labute approximate surface area is 193 Å². The number of halogens is 1. The van der Waals surface area contributed by atoms with E-state index in [1.165, 1.54) is 19.4 Å². The van der Waals surface area contributed by atoms with E-state index in [4.69, 9.17) is 21.6 Å². The van der Waals surface area contributed by atoms with Crippen molar-refractivity contribution in [2.24, 2.45) is 0 Å². The van der Waals surface area contributed by atoms with Gasteiger partial charge in [0.25, 0.3) is 0 Å². The number of thiazole rings is 1. The van der Waals surface area contributed by atoms with Crippen molar-refractivity contribution in [2.45, 2.75) is 45.7 Å². The van der Waals surface area contributed by atoms with Crippen LogP contribution in [0.2, 0.25) is 5.02 Å². The fourth-order valence-electron chi connectivity index (χ4n) is 3.92. The Balaban J connectivity index is 1.65. The molecule has 2 aromatic heterocycles. The Hall–Kier alpha value is -2.22. The Morgan fingerprint density at radius 2 is 2.03 bits per heavy atom. The normalized spacial score (nSPS) is 16.7. The van der Waals surface area contributed by atoms with Gasteiger partial charge in [0.05, 0.1) is 16.3 Å². The monoisotopic (exact) mass is 456 g/mol. The highest BCUT2D eigenvalue weighted by atomic mass is 35.5. The summed E-state index contributed by atoms with van der Waals surface area (Å²) in [6.45, 7) is 9.50. The maximum absolute atomic E-state index is 6.48. The van der Waals surface area contributed by atoms with Crippen LogP contribution in [0.4, 0.5) is 11.1 Å². The van der Waals surface area contributed by atoms with Gasteiger partial charge in [-0.3, -0.25) is 4.90 Å². The van der Waals surface area contributed by atoms with Crippen LogP contribution in [-0.4, -0.2) is 51.6 Å². The second kappa shape index (κ2) is 9.94. The van der Waals surface area contributed by atoms with Crippen LogP contribution >= 0.6 is 22.9 Å². The molecule has 8 heteroatoms. The SMILES string of the molecule is CCN1CCCC1CNc1nc(-c2cnc(NC(C)C)s2)cc(-c2ccccc2Cl)n1. The Morgan fingerprint density at radius 1 is 1.23 bits per heavy atom. The molecule has 6 nitrogen and oxygen atoms in total. The van der Waals surface area contributed by atoms with Crippen molar-refractivity contribution in [3.05, 3.63) is 41.6 Å². The molecule has 31 heavy (non-hydrogen) atoms. The zero-order valence-electron chi connectivity index (χ0n) is 18.2. The van der Waals surface area contributed by atoms with Gasteiger partial charge in [0.15, 0.2) is 5.13 Å². The van der Waals surface area contributed by atoms with Gasteiger partial charge in [-0.15, -0.1) is 0 Å². The zero-order chi connectivity index (χ0) is 21.8. The lowest BCUT2D eigenvalue weighted by Crippen LogP contribution is -2.34. The van der Waals surface area contributed by atoms with Crippen molar-refractivity contribution < 1.29 is 0 Å². The topological polar surface area (TPSA) is 66.0 Å². The lowest BCUT2D eigenvalue weighted by molar-refractivity contribution is 0.277. The van der Waals surface area contributed by atoms with E-state index in [-0.39, 0.29) is 0 Å². The number of likely N-dealkylation sites (N-methyl/N-ethyl adjacent to an activating group) is 1. The molecule has 3 aromatic rings. The lowest BCUT2D eigenvalue weighted by atomic mass is 10.1. The summed E-state index contributed by atoms with van der Waals surface area (Å²) in [5.41, 5.74) is 2.56. The van der Waals surface area contributed by atoms with Gasteiger partial charge in [-0.25, -0.2) is 15.0 Å². The van der Waals surface area contributed by atoms with Gasteiger partial charge in [-0.1, -0.05) is 48.1 Å². The minimum absolute atomic E-state index is 0.327. The smallest absolute Gasteiger partial charge is 0.223 e. The van der Waals surface area contributed by atoms with Gasteiger partial charge in [0, 0.05) is 35.4 Å². The van der Waals surface area contributed by atoms with Crippen LogP contribution in [-0.2, 0) is 0 Å². The number of nitrogens with one attached hydrogen (secondary N) is 2. The highest BCUT2D eigenvalue weighted by Crippen LogP contribution is 2.33. The van der Waals surface area contributed by atoms with Gasteiger partial charge in [0.2, 0.25) is 5.95 Å². The molecule has 2 N–H and O–H groups in total. The minimum atomic E-state index is 0.327. The molecule has 0 spiro atoms. The molecule has 1 unspecified atom stereocenters. The first kappa shape index (κ1) is 22.0. The van der Waals surface area contributed by atoms with Crippen molar-refractivity contribution in [1.29, 1.82) is 0 Å². The summed E-state index contributed by atoms with van der Waals surface area (Å²) in [5.74, 6) is 0.627. The number of likely N-dealkylation sites (tertiary alicyclic amines) is 1. The van der Waals surface area contributed by atoms with E-state index in [0.717, 1.165) is 40.0 Å². The van der Waals surface area contributed by atoms with Crippen molar-refractivity contribution in [3.63, 3.8) is 0 Å². The summed E-state index contributed by atoms with van der Waals surface area (Å²) in [5, 5.41) is 8.42. The van der Waals surface area contributed by atoms with E-state index < -0.39 is 0 Å². The lowest BCUT2D eigenvalue weighted by Gasteiger charge is -2.23. The average Bonchev–Trinajstić information content (AvgIpc) is 3.41. The zero-order valence-corrected chi connectivity index (χ0v) is 19.8. The molecule has 1 atom stereocenters. The molecular weight excluding hydrogens is 428 g/mol. The Morgan fingerprint density at radius 3 is 2.81 bits per heavy atom. The van der Waals surface area contributed by atoms with Gasteiger partial charge >= 0.3 is 0 Å². The number of hydrogen-bond acceptors (Lipinski definition) is 7. The third-order valence-corrected chi connectivity index (χ3v) is 6.73. The molecule has 4 rings (SSSR count). The fraction of sp³-hybridized carbons (Fsp3) is 0.435. The van der Waals surface area contributed by atoms with Crippen molar-refractivity contribution in [1.82, 2.24) is 19.9 Å². The predicted octanol–water partition coefficient (Wildman–Crippen LogP) is 5.64. The van der Waals surface area contributed by atoms with Crippen LogP contribution in [0.25, 0.3) is 21.8 Å². The quantitative estimate of drug-likeness (QED) is 0.457. The fourth-order valence-corrected chi connectivity index (χ4v) is 5.07. The number of aromatic nitrogens is 3. The molecule has 1 aliphatic rings. The first-order chi connectivity index (χ1) is 15.0. The average molecular weight is 457 g/mol. The largest absolute Gasteiger partial charge is 0.359 e. The molecule has 1 saturated heterocycles. The molecule has 1 fully saturated rings. The molecule has 0 aliphatic carbocycles. The predicted molar refractivity (Wildman–Crippen MR) is 131 cm³/mol. The summed E-state index contributed by atoms with van der Waals surface area (Å²) in [4.78, 5) is 17.6. The number of anilines is 2. The molecule has 3 heterocycles. The maximum Gasteiger partial charge on any atom is 0.223 e. The van der Waals surface area contributed by atoms with Crippen LogP contribution in [0.15, 0.2) is 36.5 Å². The van der Waals surface area contributed by atoms with E-state index in [0.29, 0.717) is 23.1 Å². The van der Waals surface area contributed by atoms with Gasteiger partial charge in [-0.2, -0.15) is 0 Å². The Kier molecular flexibility index (Phi) is 7.05. The summed E-state index contributed by atoms with van der Waals surface area (Å²) >= 11 is 8.08. The minimum Gasteiger partial charge on any atom is -0.359 e. The molecule has 0 saturated carbocycles. The standard InChI is InChI=1S/C23H29ClN6S/c1-4-30-11-7-8-16(30)13-25-22-28-19(17-9-5-6-10-18(17)24)12-20(29-22)21-14-26-23(31-21)27-15(2)3/h5-6,9-10,12,14-16H,4,7-8,11,13H2,1-3H3,(H,26,27)(H,25,28,29). The third kappa shape index (κ3) is 5.34. The van der Waals surface area contributed by atoms with E-state index in [9.17, 15) is 0 Å². The van der Waals surface area contributed by atoms with Crippen LogP contribution in [0.3, 0.4) is 0 Å². The molecule has 1 aliphatic heterocycles. The maximum atomic E-state index is 6.48. The number of nitrogens with zero attached hydrogens (tertiary/aromatic N) is 4. The van der Waals surface area contributed by atoms with E-state index in [2.05, 4.69) is 41.3 Å². The number of hydrogen-bond donors (Lipinski definition) is 2. The summed E-state index contributed by atoms with van der Waals surface area (Å²) < 4.78 is 0. The third-order valence-electron chi connectivity index (χ3n) is 5.45. The van der Waals surface area contributed by atoms with E-state index in [1.54, 1.807) is 11.3 Å². The summed E-state index contributed by atoms with van der Waals surface area (Å²) in [6, 6.07) is 10.6. The van der Waals surface area contributed by atoms with E-state index in [1.807, 2.05) is 36.5 Å². The molecule has 0 bridgehead atoms. The first-order valence-corrected chi connectivity index (χ1v) is 12.1. The van der Waals surface area contributed by atoms with Gasteiger partial charge < -0.3 is 10.6 Å². The highest BCUT2D eigenvalue weighted by Gasteiger charge is 2.23. The molecule has 164 valence electrons. The first-order valence-electron chi connectivity index (χ1n) is 10.9. The van der Waals surface area contributed by atoms with Crippen LogP contribution < -0.4 is 10.6 Å². The van der Waals surface area contributed by atoms with Crippen LogP contribution in [0, 0.1) is 0 Å². The second-order valence-corrected chi connectivity index (χ2v) is 9.51. The van der Waals surface area contributed by atoms with Gasteiger partial charge in [-0.05, 0) is 51.9 Å².